The third-order valence-electron chi connectivity index (χ3n) is 13.7. The SMILES string of the molecule is CC(=O)Oc1cccc(C(=O)NCCNC(=O)CNCCN(CCN(CCNCC(=O)NCCNC(=O)c2cccc(OC(C)=O)c2OC(C)=O)CC(=O)NCCNC(=O)c2cccc(OC(C)=O)c2OC(C)=O)CC(=O)NCCCOCCOCCOCCCNC(=O)OCc2ccccc2)c1. The standard InChI is InChI=1S/C69H94N12O22/c1-48(82)99-55-17-9-16-54(42-55)66(91)76-27-24-73-60(87)43-70-30-32-80(45-62(89)72-22-12-36-95-38-40-97-41-39-96-37-13-23-79-69(94)98-47-53-14-7-6-8-15-53)34-35-81(46-63(90)75-26-29-78-68(93)57-19-11-21-59(101-50(3)84)65(57)103-52(5)86)33-31-71-44-61(88)74-25-28-77-67(92)56-18-10-20-58(100-49(2)83)64(56)102-51(4)85/h6-11,14-21,42,70-71H,12-13,22-41,43-47H2,1-5H3,(H,72,89)(H,73,87)(H,74,88)(H,75,90)(H,76,91)(H,77,92)(H,78,93)(H,79,94). The summed E-state index contributed by atoms with van der Waals surface area (Å²) in [7, 11) is 0. The van der Waals surface area contributed by atoms with Crippen LogP contribution in [0.2, 0.25) is 0 Å². The van der Waals surface area contributed by atoms with E-state index in [1.807, 2.05) is 35.2 Å². The van der Waals surface area contributed by atoms with Gasteiger partial charge in [-0.2, -0.15) is 0 Å². The number of alkyl carbamates (subject to hydrolysis) is 1. The monoisotopic (exact) mass is 1440 g/mol. The first-order valence-electron chi connectivity index (χ1n) is 33.3. The second kappa shape index (κ2) is 49.9. The summed E-state index contributed by atoms with van der Waals surface area (Å²) in [5, 5.41) is 27.8. The van der Waals surface area contributed by atoms with Crippen LogP contribution in [0.4, 0.5) is 4.79 Å². The number of hydrogen-bond donors (Lipinski definition) is 10. The Hall–Kier alpha value is -10.5. The predicted molar refractivity (Wildman–Crippen MR) is 370 cm³/mol. The highest BCUT2D eigenvalue weighted by Crippen LogP contribution is 2.33. The van der Waals surface area contributed by atoms with Gasteiger partial charge >= 0.3 is 35.9 Å². The van der Waals surface area contributed by atoms with Crippen LogP contribution in [0.15, 0.2) is 91.0 Å². The summed E-state index contributed by atoms with van der Waals surface area (Å²) < 4.78 is 47.7. The van der Waals surface area contributed by atoms with Crippen molar-refractivity contribution in [3.63, 3.8) is 0 Å². The molecule has 0 radical (unpaired) electrons. The zero-order chi connectivity index (χ0) is 75.0. The molecular formula is C69H94N12O22. The third-order valence-corrected chi connectivity index (χ3v) is 13.7. The number of carbonyl (C=O) groups is 13. The maximum Gasteiger partial charge on any atom is 0.407 e. The maximum atomic E-state index is 13.6. The molecule has 0 aliphatic rings. The number of esters is 5. The molecule has 0 heterocycles. The van der Waals surface area contributed by atoms with Gasteiger partial charge < -0.3 is 95.8 Å². The minimum Gasteiger partial charge on any atom is -0.445 e. The zero-order valence-corrected chi connectivity index (χ0v) is 58.6. The van der Waals surface area contributed by atoms with E-state index in [1.54, 1.807) is 17.0 Å². The van der Waals surface area contributed by atoms with Gasteiger partial charge in [0, 0.05) is 145 Å². The molecule has 0 saturated heterocycles. The Morgan fingerprint density at radius 3 is 1.23 bits per heavy atom. The van der Waals surface area contributed by atoms with Crippen molar-refractivity contribution >= 4 is 77.3 Å². The lowest BCUT2D eigenvalue weighted by Gasteiger charge is -2.27. The van der Waals surface area contributed by atoms with Gasteiger partial charge in [-0.1, -0.05) is 48.5 Å². The van der Waals surface area contributed by atoms with E-state index in [2.05, 4.69) is 53.2 Å². The fourth-order valence-corrected chi connectivity index (χ4v) is 9.08. The average molecular weight is 1440 g/mol. The van der Waals surface area contributed by atoms with Crippen molar-refractivity contribution in [1.82, 2.24) is 63.0 Å². The van der Waals surface area contributed by atoms with Crippen LogP contribution in [0.5, 0.6) is 28.7 Å². The van der Waals surface area contributed by atoms with Crippen LogP contribution >= 0.6 is 0 Å². The second-order valence-corrected chi connectivity index (χ2v) is 22.4. The number of amides is 8. The van der Waals surface area contributed by atoms with E-state index in [-0.39, 0.29) is 175 Å². The van der Waals surface area contributed by atoms with Crippen LogP contribution in [0.1, 0.15) is 84.1 Å². The number of ether oxygens (including phenoxy) is 9. The molecule has 4 rings (SSSR count). The van der Waals surface area contributed by atoms with E-state index in [0.717, 1.165) is 33.3 Å². The van der Waals surface area contributed by atoms with Gasteiger partial charge in [-0.15, -0.1) is 0 Å². The number of nitrogens with one attached hydrogen (secondary N) is 10. The van der Waals surface area contributed by atoms with Crippen LogP contribution in [0, 0.1) is 0 Å². The van der Waals surface area contributed by atoms with E-state index in [4.69, 9.17) is 42.6 Å². The first-order chi connectivity index (χ1) is 49.6. The Labute approximate surface area is 596 Å². The highest BCUT2D eigenvalue weighted by Gasteiger charge is 2.23. The Morgan fingerprint density at radius 2 is 0.767 bits per heavy atom. The number of hydrogen-bond acceptors (Lipinski definition) is 26. The van der Waals surface area contributed by atoms with Gasteiger partial charge in [-0.3, -0.25) is 67.3 Å². The summed E-state index contributed by atoms with van der Waals surface area (Å²) in [5.74, 6) is -7.55. The predicted octanol–water partition coefficient (Wildman–Crippen LogP) is -0.0927. The summed E-state index contributed by atoms with van der Waals surface area (Å²) in [6.07, 6.45) is 0.563. The quantitative estimate of drug-likeness (QED) is 0.0157. The lowest BCUT2D eigenvalue weighted by atomic mass is 10.1. The van der Waals surface area contributed by atoms with Gasteiger partial charge in [0.1, 0.15) is 12.4 Å². The largest absolute Gasteiger partial charge is 0.445 e. The maximum absolute atomic E-state index is 13.6. The minimum absolute atomic E-state index is 0.0123. The van der Waals surface area contributed by atoms with Crippen molar-refractivity contribution in [2.24, 2.45) is 0 Å². The van der Waals surface area contributed by atoms with E-state index >= 15 is 0 Å². The van der Waals surface area contributed by atoms with Crippen LogP contribution in [-0.4, -0.2) is 245 Å². The Morgan fingerprint density at radius 1 is 0.359 bits per heavy atom. The normalized spacial score (nSPS) is 10.7. The molecule has 4 aromatic carbocycles. The molecule has 103 heavy (non-hydrogen) atoms. The molecule has 0 saturated carbocycles. The molecule has 0 fully saturated rings. The molecule has 4 aromatic rings. The van der Waals surface area contributed by atoms with Crippen LogP contribution < -0.4 is 76.9 Å². The van der Waals surface area contributed by atoms with E-state index in [1.165, 1.54) is 55.5 Å². The summed E-state index contributed by atoms with van der Waals surface area (Å²) in [6, 6.07) is 23.7. The van der Waals surface area contributed by atoms with Crippen molar-refractivity contribution in [3.8, 4) is 28.7 Å². The minimum atomic E-state index is -0.773. The molecule has 562 valence electrons. The van der Waals surface area contributed by atoms with Gasteiger partial charge in [-0.25, -0.2) is 4.79 Å². The molecule has 0 aliphatic carbocycles. The Kier molecular flexibility index (Phi) is 41.2. The molecule has 10 N–H and O–H groups in total. The second-order valence-electron chi connectivity index (χ2n) is 22.4. The van der Waals surface area contributed by atoms with Crippen LogP contribution in [0.25, 0.3) is 0 Å². The molecule has 34 nitrogen and oxygen atoms in total. The molecule has 0 aliphatic heterocycles. The van der Waals surface area contributed by atoms with Crippen LogP contribution in [0.3, 0.4) is 0 Å². The van der Waals surface area contributed by atoms with Crippen molar-refractivity contribution in [2.75, 3.05) is 157 Å². The molecule has 8 amide bonds. The summed E-state index contributed by atoms with van der Waals surface area (Å²) in [5.41, 5.74) is 0.936. The molecule has 34 heteroatoms. The molecule has 0 bridgehead atoms. The fraction of sp³-hybridized carbons (Fsp3) is 0.464. The molecular weight excluding hydrogens is 1350 g/mol. The Balaban J connectivity index is 1.32. The van der Waals surface area contributed by atoms with E-state index in [0.29, 0.717) is 59.0 Å². The smallest absolute Gasteiger partial charge is 0.407 e. The van der Waals surface area contributed by atoms with Gasteiger partial charge in [-0.05, 0) is 60.9 Å². The Bertz CT molecular complexity index is 3420. The highest BCUT2D eigenvalue weighted by atomic mass is 16.6. The van der Waals surface area contributed by atoms with Gasteiger partial charge in [0.25, 0.3) is 17.7 Å². The number of para-hydroxylation sites is 2. The fourth-order valence-electron chi connectivity index (χ4n) is 9.08. The van der Waals surface area contributed by atoms with Crippen molar-refractivity contribution in [1.29, 1.82) is 0 Å². The zero-order valence-electron chi connectivity index (χ0n) is 58.6. The van der Waals surface area contributed by atoms with Gasteiger partial charge in [0.05, 0.1) is 63.7 Å². The first-order valence-corrected chi connectivity index (χ1v) is 33.3. The van der Waals surface area contributed by atoms with Crippen molar-refractivity contribution < 1.29 is 105 Å². The molecule has 0 atom stereocenters. The summed E-state index contributed by atoms with van der Waals surface area (Å²) >= 11 is 0. The number of benzene rings is 4. The lowest BCUT2D eigenvalue weighted by molar-refractivity contribution is -0.134. The van der Waals surface area contributed by atoms with E-state index in [9.17, 15) is 62.3 Å². The number of rotatable bonds is 50. The third kappa shape index (κ3) is 38.2. The summed E-state index contributed by atoms with van der Waals surface area (Å²) in [6.45, 7) is 9.29. The number of carbonyl (C=O) groups excluding carboxylic acids is 13. The average Bonchev–Trinajstić information content (AvgIpc) is 0.834. The molecule has 0 unspecified atom stereocenters. The summed E-state index contributed by atoms with van der Waals surface area (Å²) in [4.78, 5) is 166. The first kappa shape index (κ1) is 84.9. The van der Waals surface area contributed by atoms with Gasteiger partial charge in [0.2, 0.25) is 23.6 Å². The number of nitrogens with zero attached hydrogens (tertiary/aromatic N) is 2. The van der Waals surface area contributed by atoms with Crippen LogP contribution in [-0.2, 0) is 68.7 Å². The topological polar surface area (TPSA) is 432 Å². The highest BCUT2D eigenvalue weighted by molar-refractivity contribution is 6.00. The molecule has 0 aromatic heterocycles. The van der Waals surface area contributed by atoms with E-state index < -0.39 is 65.5 Å². The van der Waals surface area contributed by atoms with Crippen molar-refractivity contribution in [2.45, 2.75) is 54.1 Å². The lowest BCUT2D eigenvalue weighted by Crippen LogP contribution is -2.48. The van der Waals surface area contributed by atoms with Crippen molar-refractivity contribution in [3.05, 3.63) is 113 Å². The molecule has 0 spiro atoms. The van der Waals surface area contributed by atoms with Gasteiger partial charge in [0.15, 0.2) is 23.0 Å².